The maximum Gasteiger partial charge on any atom is 0.252 e. The summed E-state index contributed by atoms with van der Waals surface area (Å²) < 4.78 is 1.88. The van der Waals surface area contributed by atoms with Crippen molar-refractivity contribution < 1.29 is 9.59 Å². The van der Waals surface area contributed by atoms with Crippen LogP contribution in [-0.4, -0.2) is 23.3 Å². The van der Waals surface area contributed by atoms with Crippen LogP contribution in [0.15, 0.2) is 36.4 Å². The van der Waals surface area contributed by atoms with Crippen LogP contribution in [-0.2, 0) is 4.79 Å². The van der Waals surface area contributed by atoms with Gasteiger partial charge >= 0.3 is 0 Å². The molecule has 0 aliphatic heterocycles. The van der Waals surface area contributed by atoms with Crippen LogP contribution >= 0.6 is 33.9 Å². The van der Waals surface area contributed by atoms with E-state index < -0.39 is 0 Å². The SMILES string of the molecule is Cc1cc(C)c2nc(NC(=O)CNC(=O)c3ccccc3I)sc2c1. The first-order valence-corrected chi connectivity index (χ1v) is 9.54. The fourth-order valence-corrected chi connectivity index (χ4v) is 4.18. The molecule has 0 saturated carbocycles. The van der Waals surface area contributed by atoms with Crippen LogP contribution in [0.25, 0.3) is 10.2 Å². The van der Waals surface area contributed by atoms with Gasteiger partial charge in [0.15, 0.2) is 5.13 Å². The number of rotatable bonds is 4. The summed E-state index contributed by atoms with van der Waals surface area (Å²) in [7, 11) is 0. The van der Waals surface area contributed by atoms with Gasteiger partial charge in [-0.1, -0.05) is 29.5 Å². The Balaban J connectivity index is 1.64. The van der Waals surface area contributed by atoms with Crippen molar-refractivity contribution >= 4 is 61.1 Å². The van der Waals surface area contributed by atoms with E-state index in [0.717, 1.165) is 24.9 Å². The van der Waals surface area contributed by atoms with Crippen LogP contribution in [0.4, 0.5) is 5.13 Å². The highest BCUT2D eigenvalue weighted by Crippen LogP contribution is 2.29. The summed E-state index contributed by atoms with van der Waals surface area (Å²) in [5.74, 6) is -0.566. The zero-order valence-corrected chi connectivity index (χ0v) is 16.7. The lowest BCUT2D eigenvalue weighted by Gasteiger charge is -2.06. The minimum Gasteiger partial charge on any atom is -0.343 e. The van der Waals surface area contributed by atoms with Crippen molar-refractivity contribution in [3.8, 4) is 0 Å². The monoisotopic (exact) mass is 465 g/mol. The summed E-state index contributed by atoms with van der Waals surface area (Å²) in [6.07, 6.45) is 0. The van der Waals surface area contributed by atoms with E-state index in [1.807, 2.05) is 26.0 Å². The van der Waals surface area contributed by atoms with Crippen molar-refractivity contribution in [1.29, 1.82) is 0 Å². The number of hydrogen-bond donors (Lipinski definition) is 2. The summed E-state index contributed by atoms with van der Waals surface area (Å²) in [6, 6.07) is 11.4. The highest BCUT2D eigenvalue weighted by atomic mass is 127. The highest BCUT2D eigenvalue weighted by molar-refractivity contribution is 14.1. The van der Waals surface area contributed by atoms with Crippen molar-refractivity contribution in [3.05, 3.63) is 56.7 Å². The van der Waals surface area contributed by atoms with Crippen LogP contribution in [0.3, 0.4) is 0 Å². The number of aromatic nitrogens is 1. The van der Waals surface area contributed by atoms with E-state index in [2.05, 4.69) is 50.3 Å². The number of benzene rings is 2. The number of aryl methyl sites for hydroxylation is 2. The average Bonchev–Trinajstić information content (AvgIpc) is 2.95. The number of carbonyl (C=O) groups is 2. The van der Waals surface area contributed by atoms with Crippen molar-refractivity contribution in [2.45, 2.75) is 13.8 Å². The smallest absolute Gasteiger partial charge is 0.252 e. The first-order valence-electron chi connectivity index (χ1n) is 7.64. The van der Waals surface area contributed by atoms with Crippen molar-refractivity contribution in [3.63, 3.8) is 0 Å². The molecule has 0 aliphatic rings. The minimum atomic E-state index is -0.298. The van der Waals surface area contributed by atoms with Crippen LogP contribution < -0.4 is 10.6 Å². The van der Waals surface area contributed by atoms with Crippen LogP contribution in [0, 0.1) is 17.4 Å². The molecule has 0 saturated heterocycles. The Labute approximate surface area is 163 Å². The molecule has 2 N–H and O–H groups in total. The van der Waals surface area contributed by atoms with Crippen LogP contribution in [0.5, 0.6) is 0 Å². The fourth-order valence-electron chi connectivity index (χ4n) is 2.49. The summed E-state index contributed by atoms with van der Waals surface area (Å²) in [5.41, 5.74) is 3.70. The van der Waals surface area contributed by atoms with Crippen molar-refractivity contribution in [2.24, 2.45) is 0 Å². The summed E-state index contributed by atoms with van der Waals surface area (Å²) >= 11 is 3.52. The Morgan fingerprint density at radius 3 is 2.72 bits per heavy atom. The quantitative estimate of drug-likeness (QED) is 0.575. The predicted octanol–water partition coefficient (Wildman–Crippen LogP) is 3.89. The second-order valence-electron chi connectivity index (χ2n) is 5.66. The summed E-state index contributed by atoms with van der Waals surface area (Å²) in [6.45, 7) is 3.94. The van der Waals surface area contributed by atoms with Crippen LogP contribution in [0.1, 0.15) is 21.5 Å². The van der Waals surface area contributed by atoms with E-state index in [4.69, 9.17) is 0 Å². The Kier molecular flexibility index (Phi) is 5.33. The van der Waals surface area contributed by atoms with Gasteiger partial charge in [-0.2, -0.15) is 0 Å². The molecule has 7 heteroatoms. The summed E-state index contributed by atoms with van der Waals surface area (Å²) in [4.78, 5) is 28.7. The van der Waals surface area contributed by atoms with E-state index in [9.17, 15) is 9.59 Å². The standard InChI is InChI=1S/C18H16IN3O2S/c1-10-7-11(2)16-14(8-10)25-18(22-16)21-15(23)9-20-17(24)12-5-3-4-6-13(12)19/h3-8H,9H2,1-2H3,(H,20,24)(H,21,22,23). The van der Waals surface area contributed by atoms with E-state index >= 15 is 0 Å². The van der Waals surface area contributed by atoms with E-state index in [1.54, 1.807) is 12.1 Å². The van der Waals surface area contributed by atoms with Gasteiger partial charge < -0.3 is 10.6 Å². The number of amides is 2. The van der Waals surface area contributed by atoms with E-state index in [1.165, 1.54) is 11.3 Å². The Morgan fingerprint density at radius 1 is 1.20 bits per heavy atom. The lowest BCUT2D eigenvalue weighted by atomic mass is 10.1. The molecule has 2 aromatic carbocycles. The number of nitrogens with zero attached hydrogens (tertiary/aromatic N) is 1. The molecule has 0 atom stereocenters. The largest absolute Gasteiger partial charge is 0.343 e. The topological polar surface area (TPSA) is 71.1 Å². The number of fused-ring (bicyclic) bond motifs is 1. The predicted molar refractivity (Wildman–Crippen MR) is 109 cm³/mol. The Morgan fingerprint density at radius 2 is 1.96 bits per heavy atom. The number of hydrogen-bond acceptors (Lipinski definition) is 4. The molecular weight excluding hydrogens is 449 g/mol. The van der Waals surface area contributed by atoms with Crippen molar-refractivity contribution in [2.75, 3.05) is 11.9 Å². The maximum atomic E-state index is 12.1. The molecule has 2 amide bonds. The van der Waals surface area contributed by atoms with Gasteiger partial charge in [0, 0.05) is 3.57 Å². The molecule has 0 aliphatic carbocycles. The molecule has 0 unspecified atom stereocenters. The first-order chi connectivity index (χ1) is 11.9. The van der Waals surface area contributed by atoms with Gasteiger partial charge in [-0.3, -0.25) is 9.59 Å². The molecule has 0 bridgehead atoms. The summed E-state index contributed by atoms with van der Waals surface area (Å²) in [5, 5.41) is 5.93. The van der Waals surface area contributed by atoms with Gasteiger partial charge in [-0.15, -0.1) is 0 Å². The number of thiazole rings is 1. The molecule has 128 valence electrons. The third kappa shape index (κ3) is 4.16. The third-order valence-electron chi connectivity index (χ3n) is 3.60. The fraction of sp³-hybridized carbons (Fsp3) is 0.167. The van der Waals surface area contributed by atoms with Crippen LogP contribution in [0.2, 0.25) is 0 Å². The first kappa shape index (κ1) is 17.8. The molecule has 0 radical (unpaired) electrons. The lowest BCUT2D eigenvalue weighted by molar-refractivity contribution is -0.115. The number of nitrogens with one attached hydrogen (secondary N) is 2. The second kappa shape index (κ2) is 7.49. The van der Waals surface area contributed by atoms with Gasteiger partial charge in [0.1, 0.15) is 0 Å². The number of anilines is 1. The molecule has 0 spiro atoms. The maximum absolute atomic E-state index is 12.1. The Hall–Kier alpha value is -2.00. The minimum absolute atomic E-state index is 0.0995. The average molecular weight is 465 g/mol. The van der Waals surface area contributed by atoms with Crippen molar-refractivity contribution in [1.82, 2.24) is 10.3 Å². The molecule has 25 heavy (non-hydrogen) atoms. The van der Waals surface area contributed by atoms with Gasteiger partial charge in [-0.05, 0) is 65.8 Å². The molecule has 3 aromatic rings. The lowest BCUT2D eigenvalue weighted by Crippen LogP contribution is -2.33. The normalized spacial score (nSPS) is 10.7. The molecule has 5 nitrogen and oxygen atoms in total. The third-order valence-corrected chi connectivity index (χ3v) is 5.46. The molecule has 3 rings (SSSR count). The molecular formula is C18H16IN3O2S. The number of carbonyl (C=O) groups excluding carboxylic acids is 2. The molecule has 0 fully saturated rings. The Bertz CT molecular complexity index is 968. The number of halogens is 1. The zero-order chi connectivity index (χ0) is 18.0. The van der Waals surface area contributed by atoms with Gasteiger partial charge in [-0.25, -0.2) is 4.98 Å². The van der Waals surface area contributed by atoms with Gasteiger partial charge in [0.25, 0.3) is 5.91 Å². The molecule has 1 aromatic heterocycles. The van der Waals surface area contributed by atoms with E-state index in [0.29, 0.717) is 10.7 Å². The van der Waals surface area contributed by atoms with Gasteiger partial charge in [0.05, 0.1) is 22.3 Å². The van der Waals surface area contributed by atoms with E-state index in [-0.39, 0.29) is 18.4 Å². The van der Waals surface area contributed by atoms with Gasteiger partial charge in [0.2, 0.25) is 5.91 Å². The highest BCUT2D eigenvalue weighted by Gasteiger charge is 2.13. The second-order valence-corrected chi connectivity index (χ2v) is 7.85. The zero-order valence-electron chi connectivity index (χ0n) is 13.7. The molecule has 1 heterocycles.